The minimum Gasteiger partial charge on any atom is -0.323 e. The number of nitrogens with zero attached hydrogens (tertiary/aromatic N) is 1. The molecule has 0 aliphatic rings. The van der Waals surface area contributed by atoms with Gasteiger partial charge in [-0.3, -0.25) is 4.79 Å². The number of ketones is 1. The molecule has 22 heavy (non-hydrogen) atoms. The third-order valence-electron chi connectivity index (χ3n) is 3.28. The van der Waals surface area contributed by atoms with Crippen LogP contribution in [0.15, 0.2) is 60.9 Å². The van der Waals surface area contributed by atoms with E-state index in [4.69, 9.17) is 34.8 Å². The highest BCUT2D eigenvalue weighted by Gasteiger charge is 2.19. The van der Waals surface area contributed by atoms with E-state index in [9.17, 15) is 4.79 Å². The molecule has 110 valence electrons. The van der Waals surface area contributed by atoms with Crippen LogP contribution >= 0.6 is 34.8 Å². The van der Waals surface area contributed by atoms with Gasteiger partial charge in [-0.05, 0) is 42.5 Å². The maximum atomic E-state index is 12.9. The maximum absolute atomic E-state index is 12.9. The summed E-state index contributed by atoms with van der Waals surface area (Å²) in [5.41, 5.74) is 1.55. The fourth-order valence-corrected chi connectivity index (χ4v) is 2.79. The number of hydrogen-bond donors (Lipinski definition) is 0. The minimum atomic E-state index is -0.223. The molecule has 0 saturated carbocycles. The summed E-state index contributed by atoms with van der Waals surface area (Å²) in [6.07, 6.45) is 3.72. The Bertz CT molecular complexity index is 841. The summed E-state index contributed by atoms with van der Waals surface area (Å²) in [5.74, 6) is -0.223. The Kier molecular flexibility index (Phi) is 4.25. The lowest BCUT2D eigenvalue weighted by Crippen LogP contribution is -2.07. The predicted octanol–water partition coefficient (Wildman–Crippen LogP) is 5.67. The van der Waals surface area contributed by atoms with Crippen molar-refractivity contribution in [2.75, 3.05) is 0 Å². The van der Waals surface area contributed by atoms with Gasteiger partial charge in [0.2, 0.25) is 0 Å². The van der Waals surface area contributed by atoms with Crippen LogP contribution in [0.5, 0.6) is 0 Å². The van der Waals surface area contributed by atoms with Crippen molar-refractivity contribution in [1.29, 1.82) is 0 Å². The van der Waals surface area contributed by atoms with Gasteiger partial charge in [0.05, 0.1) is 15.7 Å². The lowest BCUT2D eigenvalue weighted by atomic mass is 10.0. The van der Waals surface area contributed by atoms with Gasteiger partial charge in [-0.1, -0.05) is 40.9 Å². The lowest BCUT2D eigenvalue weighted by molar-refractivity contribution is 0.103. The van der Waals surface area contributed by atoms with Crippen LogP contribution in [-0.4, -0.2) is 10.4 Å². The van der Waals surface area contributed by atoms with Gasteiger partial charge in [-0.25, -0.2) is 0 Å². The van der Waals surface area contributed by atoms with Crippen molar-refractivity contribution < 1.29 is 4.79 Å². The summed E-state index contributed by atoms with van der Waals surface area (Å²) < 4.78 is 1.85. The summed E-state index contributed by atoms with van der Waals surface area (Å²) in [4.78, 5) is 12.9. The fraction of sp³-hybridized carbons (Fsp3) is 0. The molecule has 0 radical (unpaired) electrons. The Morgan fingerprint density at radius 1 is 0.864 bits per heavy atom. The Balaban J connectivity index is 2.17. The van der Waals surface area contributed by atoms with Crippen molar-refractivity contribution in [3.8, 4) is 5.69 Å². The van der Waals surface area contributed by atoms with E-state index >= 15 is 0 Å². The molecule has 0 fully saturated rings. The normalized spacial score (nSPS) is 10.7. The van der Waals surface area contributed by atoms with Gasteiger partial charge in [-0.15, -0.1) is 0 Å². The Hall–Kier alpha value is -1.74. The largest absolute Gasteiger partial charge is 0.323 e. The molecule has 2 nitrogen and oxygen atoms in total. The molecule has 3 aromatic rings. The first kappa shape index (κ1) is 15.2. The molecule has 3 rings (SSSR count). The van der Waals surface area contributed by atoms with Crippen molar-refractivity contribution in [2.45, 2.75) is 0 Å². The topological polar surface area (TPSA) is 22.0 Å². The summed E-state index contributed by atoms with van der Waals surface area (Å²) >= 11 is 18.2. The lowest BCUT2D eigenvalue weighted by Gasteiger charge is -2.12. The molecular formula is C17H10Cl3NO. The van der Waals surface area contributed by atoms with E-state index < -0.39 is 0 Å². The number of rotatable bonds is 3. The molecule has 0 amide bonds. The number of aromatic nitrogens is 1. The average Bonchev–Trinajstić information content (AvgIpc) is 3.03. The molecule has 5 heteroatoms. The zero-order chi connectivity index (χ0) is 15.7. The molecule has 0 aliphatic heterocycles. The standard InChI is InChI=1S/C17H10Cl3NO/c18-11-6-7-15(21-8-1-2-9-21)13(10-11)17(22)12-4-3-5-14(19)16(12)20/h1-10H. The molecule has 0 aliphatic carbocycles. The Morgan fingerprint density at radius 3 is 2.32 bits per heavy atom. The van der Waals surface area contributed by atoms with Gasteiger partial charge in [0.15, 0.2) is 5.78 Å². The van der Waals surface area contributed by atoms with Crippen molar-refractivity contribution in [3.05, 3.63) is 87.1 Å². The fourth-order valence-electron chi connectivity index (χ4n) is 2.23. The van der Waals surface area contributed by atoms with Crippen LogP contribution in [0.25, 0.3) is 5.69 Å². The Morgan fingerprint density at radius 2 is 1.59 bits per heavy atom. The first-order chi connectivity index (χ1) is 10.6. The molecule has 2 aromatic carbocycles. The molecule has 0 atom stereocenters. The van der Waals surface area contributed by atoms with Crippen LogP contribution < -0.4 is 0 Å². The first-order valence-electron chi connectivity index (χ1n) is 6.49. The van der Waals surface area contributed by atoms with Gasteiger partial charge in [0.1, 0.15) is 0 Å². The molecule has 1 aromatic heterocycles. The van der Waals surface area contributed by atoms with Gasteiger partial charge < -0.3 is 4.57 Å². The Labute approximate surface area is 142 Å². The van der Waals surface area contributed by atoms with E-state index in [1.807, 2.05) is 29.1 Å². The molecule has 0 bridgehead atoms. The quantitative estimate of drug-likeness (QED) is 0.558. The zero-order valence-corrected chi connectivity index (χ0v) is 13.5. The first-order valence-corrected chi connectivity index (χ1v) is 7.63. The highest BCUT2D eigenvalue weighted by Crippen LogP contribution is 2.30. The van der Waals surface area contributed by atoms with Crippen LogP contribution in [0.2, 0.25) is 15.1 Å². The number of carbonyl (C=O) groups is 1. The van der Waals surface area contributed by atoms with Gasteiger partial charge in [-0.2, -0.15) is 0 Å². The number of benzene rings is 2. The van der Waals surface area contributed by atoms with Crippen LogP contribution in [0.4, 0.5) is 0 Å². The molecular weight excluding hydrogens is 341 g/mol. The minimum absolute atomic E-state index is 0.223. The smallest absolute Gasteiger partial charge is 0.196 e. The number of carbonyl (C=O) groups excluding carboxylic acids is 1. The van der Waals surface area contributed by atoms with E-state index in [1.54, 1.807) is 36.4 Å². The summed E-state index contributed by atoms with van der Waals surface area (Å²) in [6.45, 7) is 0. The van der Waals surface area contributed by atoms with E-state index in [-0.39, 0.29) is 10.8 Å². The van der Waals surface area contributed by atoms with Crippen molar-refractivity contribution in [1.82, 2.24) is 4.57 Å². The molecule has 0 saturated heterocycles. The van der Waals surface area contributed by atoms with Crippen molar-refractivity contribution in [3.63, 3.8) is 0 Å². The second-order valence-corrected chi connectivity index (χ2v) is 5.90. The van der Waals surface area contributed by atoms with Gasteiger partial charge in [0, 0.05) is 28.5 Å². The van der Waals surface area contributed by atoms with Gasteiger partial charge in [0.25, 0.3) is 0 Å². The van der Waals surface area contributed by atoms with Crippen molar-refractivity contribution >= 4 is 40.6 Å². The van der Waals surface area contributed by atoms with Crippen LogP contribution in [0.1, 0.15) is 15.9 Å². The summed E-state index contributed by atoms with van der Waals surface area (Å²) in [5, 5.41) is 1.07. The van der Waals surface area contributed by atoms with Crippen LogP contribution in [0.3, 0.4) is 0 Å². The molecule has 0 spiro atoms. The second kappa shape index (κ2) is 6.17. The van der Waals surface area contributed by atoms with Crippen LogP contribution in [-0.2, 0) is 0 Å². The average molecular weight is 351 g/mol. The number of halogens is 3. The van der Waals surface area contributed by atoms with E-state index in [1.165, 1.54) is 0 Å². The highest BCUT2D eigenvalue weighted by molar-refractivity contribution is 6.44. The SMILES string of the molecule is O=C(c1cc(Cl)ccc1-n1cccc1)c1cccc(Cl)c1Cl. The maximum Gasteiger partial charge on any atom is 0.196 e. The third kappa shape index (κ3) is 2.78. The summed E-state index contributed by atoms with van der Waals surface area (Å²) in [7, 11) is 0. The number of hydrogen-bond acceptors (Lipinski definition) is 1. The monoisotopic (exact) mass is 349 g/mol. The summed E-state index contributed by atoms with van der Waals surface area (Å²) in [6, 6.07) is 13.9. The molecule has 0 unspecified atom stereocenters. The van der Waals surface area contributed by atoms with Crippen molar-refractivity contribution in [2.24, 2.45) is 0 Å². The predicted molar refractivity (Wildman–Crippen MR) is 90.7 cm³/mol. The molecule has 1 heterocycles. The van der Waals surface area contributed by atoms with E-state index in [2.05, 4.69) is 0 Å². The van der Waals surface area contributed by atoms with E-state index in [0.29, 0.717) is 21.2 Å². The van der Waals surface area contributed by atoms with E-state index in [0.717, 1.165) is 5.69 Å². The van der Waals surface area contributed by atoms with Gasteiger partial charge >= 0.3 is 0 Å². The highest BCUT2D eigenvalue weighted by atomic mass is 35.5. The zero-order valence-electron chi connectivity index (χ0n) is 11.3. The third-order valence-corrected chi connectivity index (χ3v) is 4.34. The second-order valence-electron chi connectivity index (χ2n) is 4.68. The van der Waals surface area contributed by atoms with Crippen LogP contribution in [0, 0.1) is 0 Å². The molecule has 0 N–H and O–H groups in total.